The van der Waals surface area contributed by atoms with Crippen molar-refractivity contribution in [2.45, 2.75) is 50.2 Å². The maximum Gasteiger partial charge on any atom is 0.270 e. The normalized spacial score (nSPS) is 28.3. The summed E-state index contributed by atoms with van der Waals surface area (Å²) >= 11 is 0. The van der Waals surface area contributed by atoms with Crippen molar-refractivity contribution in [2.24, 2.45) is 5.92 Å². The molecule has 200 valence electrons. The number of benzene rings is 2. The summed E-state index contributed by atoms with van der Waals surface area (Å²) < 4.78 is 12.7. The topological polar surface area (TPSA) is 57.8 Å². The monoisotopic (exact) mass is 521 g/mol. The van der Waals surface area contributed by atoms with E-state index in [1.54, 1.807) is 7.11 Å². The van der Waals surface area contributed by atoms with E-state index in [1.165, 1.54) is 27.8 Å². The minimum absolute atomic E-state index is 0.0717. The van der Waals surface area contributed by atoms with E-state index in [0.717, 1.165) is 67.2 Å². The molecule has 1 aromatic heterocycles. The number of amides is 1. The van der Waals surface area contributed by atoms with Crippen LogP contribution < -0.4 is 9.47 Å². The van der Waals surface area contributed by atoms with Gasteiger partial charge in [-0.3, -0.25) is 4.79 Å². The zero-order valence-electron chi connectivity index (χ0n) is 22.9. The molecule has 4 atom stereocenters. The van der Waals surface area contributed by atoms with Crippen molar-refractivity contribution in [1.82, 2.24) is 14.8 Å². The van der Waals surface area contributed by atoms with E-state index in [-0.39, 0.29) is 17.4 Å². The molecular weight excluding hydrogens is 486 g/mol. The van der Waals surface area contributed by atoms with Gasteiger partial charge in [0, 0.05) is 30.1 Å². The molecule has 2 aromatic carbocycles. The van der Waals surface area contributed by atoms with Crippen LogP contribution in [0.2, 0.25) is 0 Å². The lowest BCUT2D eigenvalue weighted by Crippen LogP contribution is -2.62. The SMILES string of the molecule is COc1ccc2c3c1O[C@H]1c4[nH]c(C(=O)N5CC=C(c6ccccc6)CC5)c(C)c4C[C@H]4[C@H](C2)N(C)CCC314. The Morgan fingerprint density at radius 3 is 2.74 bits per heavy atom. The number of nitrogens with one attached hydrogen (secondary N) is 1. The van der Waals surface area contributed by atoms with Gasteiger partial charge in [0.2, 0.25) is 0 Å². The molecule has 5 aliphatic rings. The number of methoxy groups -OCH3 is 1. The number of nitrogens with zero attached hydrogens (tertiary/aromatic N) is 2. The van der Waals surface area contributed by atoms with Crippen LogP contribution in [0.15, 0.2) is 48.5 Å². The van der Waals surface area contributed by atoms with Gasteiger partial charge in [-0.25, -0.2) is 0 Å². The van der Waals surface area contributed by atoms with Crippen LogP contribution in [0.5, 0.6) is 11.5 Å². The van der Waals surface area contributed by atoms with Crippen molar-refractivity contribution in [3.8, 4) is 11.5 Å². The molecule has 39 heavy (non-hydrogen) atoms. The third-order valence-corrected chi connectivity index (χ3v) is 10.5. The lowest BCUT2D eigenvalue weighted by molar-refractivity contribution is -0.0256. The Balaban J connectivity index is 1.18. The summed E-state index contributed by atoms with van der Waals surface area (Å²) in [5.41, 5.74) is 9.51. The van der Waals surface area contributed by atoms with Crippen molar-refractivity contribution in [2.75, 3.05) is 33.8 Å². The van der Waals surface area contributed by atoms with Gasteiger partial charge in [0.1, 0.15) is 11.8 Å². The molecule has 3 aromatic rings. The van der Waals surface area contributed by atoms with Crippen molar-refractivity contribution in [1.29, 1.82) is 0 Å². The van der Waals surface area contributed by atoms with Crippen LogP contribution in [0.3, 0.4) is 0 Å². The summed E-state index contributed by atoms with van der Waals surface area (Å²) in [6, 6.07) is 15.3. The number of piperidine rings is 1. The van der Waals surface area contributed by atoms with Crippen LogP contribution in [0.4, 0.5) is 0 Å². The molecule has 1 spiro atoms. The molecule has 1 fully saturated rings. The van der Waals surface area contributed by atoms with Gasteiger partial charge in [-0.15, -0.1) is 0 Å². The van der Waals surface area contributed by atoms with Crippen LogP contribution in [-0.4, -0.2) is 60.5 Å². The van der Waals surface area contributed by atoms with Crippen LogP contribution in [0.1, 0.15) is 62.9 Å². The average molecular weight is 522 g/mol. The van der Waals surface area contributed by atoms with Crippen LogP contribution in [0.25, 0.3) is 5.57 Å². The number of ether oxygens (including phenoxy) is 2. The summed E-state index contributed by atoms with van der Waals surface area (Å²) in [5, 5.41) is 0. The summed E-state index contributed by atoms with van der Waals surface area (Å²) in [5.74, 6) is 2.30. The lowest BCUT2D eigenvalue weighted by atomic mass is 9.51. The molecule has 1 unspecified atom stereocenters. The smallest absolute Gasteiger partial charge is 0.270 e. The lowest BCUT2D eigenvalue weighted by Gasteiger charge is -2.57. The number of aromatic amines is 1. The van der Waals surface area contributed by atoms with E-state index in [2.05, 4.69) is 66.3 Å². The molecule has 1 amide bonds. The third-order valence-electron chi connectivity index (χ3n) is 10.5. The van der Waals surface area contributed by atoms with E-state index >= 15 is 0 Å². The standard InChI is InChI=1S/C33H35N3O3/c1-19-23-18-24-25-17-22-9-10-26(38-3)30-27(22)33(24,13-16-35(25)2)31(39-30)29(23)34-28(19)32(37)36-14-11-21(12-15-36)20-7-5-4-6-8-20/h4-11,24-25,31,34H,12-18H2,1-3H3/t24-,25-,31-,33?/m0/s1. The van der Waals surface area contributed by atoms with E-state index in [9.17, 15) is 4.79 Å². The number of H-pyrrole nitrogens is 1. The fourth-order valence-corrected chi connectivity index (χ4v) is 8.58. The highest BCUT2D eigenvalue weighted by Crippen LogP contribution is 2.67. The summed E-state index contributed by atoms with van der Waals surface area (Å²) in [6.45, 7) is 4.56. The van der Waals surface area contributed by atoms with Gasteiger partial charge >= 0.3 is 0 Å². The molecular formula is C33H35N3O3. The first kappa shape index (κ1) is 23.4. The van der Waals surface area contributed by atoms with Gasteiger partial charge in [-0.2, -0.15) is 0 Å². The van der Waals surface area contributed by atoms with Crippen molar-refractivity contribution < 1.29 is 14.3 Å². The van der Waals surface area contributed by atoms with Gasteiger partial charge in [0.25, 0.3) is 5.91 Å². The number of rotatable bonds is 3. The molecule has 0 saturated carbocycles. The van der Waals surface area contributed by atoms with Gasteiger partial charge in [0.15, 0.2) is 11.5 Å². The first-order chi connectivity index (χ1) is 19.0. The largest absolute Gasteiger partial charge is 0.493 e. The number of hydrogen-bond acceptors (Lipinski definition) is 4. The number of carbonyl (C=O) groups excluding carboxylic acids is 1. The van der Waals surface area contributed by atoms with Gasteiger partial charge in [-0.05, 0) is 86.0 Å². The van der Waals surface area contributed by atoms with Crippen molar-refractivity contribution >= 4 is 11.5 Å². The predicted octanol–water partition coefficient (Wildman–Crippen LogP) is 5.07. The number of likely N-dealkylation sites (N-methyl/N-ethyl adjacent to an activating group) is 1. The summed E-state index contributed by atoms with van der Waals surface area (Å²) in [6.07, 6.45) is 6.05. The highest BCUT2D eigenvalue weighted by atomic mass is 16.5. The number of carbonyl (C=O) groups is 1. The summed E-state index contributed by atoms with van der Waals surface area (Å²) in [7, 11) is 4.01. The molecule has 2 aliphatic carbocycles. The second-order valence-corrected chi connectivity index (χ2v) is 12.1. The Hall–Kier alpha value is -3.51. The fraction of sp³-hybridized carbons (Fsp3) is 0.424. The average Bonchev–Trinajstić information content (AvgIpc) is 3.49. The molecule has 0 radical (unpaired) electrons. The quantitative estimate of drug-likeness (QED) is 0.523. The minimum Gasteiger partial charge on any atom is -0.493 e. The van der Waals surface area contributed by atoms with E-state index in [0.29, 0.717) is 18.5 Å². The Morgan fingerprint density at radius 2 is 1.97 bits per heavy atom. The van der Waals surface area contributed by atoms with E-state index in [4.69, 9.17) is 9.47 Å². The molecule has 6 nitrogen and oxygen atoms in total. The maximum atomic E-state index is 13.9. The third kappa shape index (κ3) is 3.04. The Labute approximate surface area is 229 Å². The second-order valence-electron chi connectivity index (χ2n) is 12.1. The van der Waals surface area contributed by atoms with Crippen LogP contribution >= 0.6 is 0 Å². The predicted molar refractivity (Wildman–Crippen MR) is 150 cm³/mol. The Kier molecular flexibility index (Phi) is 4.94. The minimum atomic E-state index is -0.112. The molecule has 6 heteroatoms. The van der Waals surface area contributed by atoms with Crippen LogP contribution in [0, 0.1) is 12.8 Å². The molecule has 3 aliphatic heterocycles. The van der Waals surface area contributed by atoms with Crippen molar-refractivity contribution in [3.05, 3.63) is 87.7 Å². The molecule has 4 heterocycles. The van der Waals surface area contributed by atoms with Gasteiger partial charge in [-0.1, -0.05) is 42.5 Å². The summed E-state index contributed by atoms with van der Waals surface area (Å²) in [4.78, 5) is 22.1. The zero-order valence-corrected chi connectivity index (χ0v) is 22.9. The first-order valence-electron chi connectivity index (χ1n) is 14.3. The van der Waals surface area contributed by atoms with E-state index < -0.39 is 0 Å². The molecule has 8 rings (SSSR count). The van der Waals surface area contributed by atoms with Gasteiger partial charge in [0.05, 0.1) is 12.8 Å². The molecule has 1 N–H and O–H groups in total. The Morgan fingerprint density at radius 1 is 1.13 bits per heavy atom. The van der Waals surface area contributed by atoms with E-state index in [1.807, 2.05) is 11.0 Å². The van der Waals surface area contributed by atoms with Crippen molar-refractivity contribution in [3.63, 3.8) is 0 Å². The highest BCUT2D eigenvalue weighted by molar-refractivity contribution is 5.95. The number of fused-ring (bicyclic) bond motifs is 2. The van der Waals surface area contributed by atoms with Crippen LogP contribution in [-0.2, 0) is 18.3 Å². The fourth-order valence-electron chi connectivity index (χ4n) is 8.58. The number of likely N-dealkylation sites (tertiary alicyclic amines) is 1. The van der Waals surface area contributed by atoms with Gasteiger partial charge < -0.3 is 24.3 Å². The maximum absolute atomic E-state index is 13.9. The number of aromatic nitrogens is 1. The zero-order chi connectivity index (χ0) is 26.5. The second kappa shape index (κ2) is 8.25. The Bertz CT molecular complexity index is 1540. The number of hydrogen-bond donors (Lipinski definition) is 1. The first-order valence-corrected chi connectivity index (χ1v) is 14.3. The molecule has 2 bridgehead atoms. The molecule has 1 saturated heterocycles. The highest BCUT2D eigenvalue weighted by Gasteiger charge is 2.65.